The van der Waals surface area contributed by atoms with Crippen LogP contribution in [-0.4, -0.2) is 252 Å². The van der Waals surface area contributed by atoms with E-state index in [9.17, 15) is 43.2 Å². The first-order valence-corrected chi connectivity index (χ1v) is 44.6. The monoisotopic (exact) mass is 2000 g/mol. The third-order valence-corrected chi connectivity index (χ3v) is 26.7. The fourth-order valence-electron chi connectivity index (χ4n) is 18.2. The molecule has 0 spiro atoms. The number of carbonyl (C=O) groups excluding carboxylic acids is 9. The van der Waals surface area contributed by atoms with Crippen LogP contribution in [0.1, 0.15) is 178 Å². The van der Waals surface area contributed by atoms with Gasteiger partial charge in [-0.1, -0.05) is 101 Å². The van der Waals surface area contributed by atoms with Crippen LogP contribution < -0.4 is 44.4 Å². The Kier molecular flexibility index (Phi) is 34.5. The summed E-state index contributed by atoms with van der Waals surface area (Å²) >= 11 is 0. The summed E-state index contributed by atoms with van der Waals surface area (Å²) in [5.74, 6) is -14.5. The number of fused-ring (bicyclic) bond motifs is 15. The number of benzene rings is 3. The summed E-state index contributed by atoms with van der Waals surface area (Å²) in [6.45, 7) is 23.7. The first kappa shape index (κ1) is 108. The van der Waals surface area contributed by atoms with Gasteiger partial charge >= 0.3 is 18.3 Å². The fourth-order valence-corrected chi connectivity index (χ4v) is 18.2. The van der Waals surface area contributed by atoms with Gasteiger partial charge in [0.2, 0.25) is 35.4 Å². The predicted octanol–water partition coefficient (Wildman–Crippen LogP) is 12.5. The Bertz CT molecular complexity index is 5300. The van der Waals surface area contributed by atoms with E-state index in [1.807, 2.05) is 18.9 Å². The zero-order chi connectivity index (χ0) is 95.9. The molecule has 3 radical (unpaired) electrons. The van der Waals surface area contributed by atoms with Gasteiger partial charge in [-0.05, 0) is 129 Å². The van der Waals surface area contributed by atoms with Gasteiger partial charge in [0.05, 0.1) is 114 Å². The molecule has 735 valence electrons. The minimum atomic E-state index is -3.50. The predicted molar refractivity (Wildman–Crippen MR) is 463 cm³/mol. The van der Waals surface area contributed by atoms with E-state index in [0.29, 0.717) is 49.4 Å². The number of methoxy groups -OCH3 is 3. The summed E-state index contributed by atoms with van der Waals surface area (Å²) in [4.78, 5) is 148. The first-order chi connectivity index (χ1) is 62.1. The molecule has 9 heterocycles. The number of alkyl halides is 6. The number of hydrogen-bond donors (Lipinski definition) is 3. The number of halogens is 6. The molecule has 6 amide bonds. The zero-order valence-electron chi connectivity index (χ0n) is 78.6. The topological polar surface area (TPSA) is 388 Å². The van der Waals surface area contributed by atoms with E-state index in [1.165, 1.54) is 54.2 Å². The van der Waals surface area contributed by atoms with Gasteiger partial charge in [0, 0.05) is 111 Å². The average molecular weight is 2010 g/mol. The number of aromatic nitrogens is 6. The van der Waals surface area contributed by atoms with E-state index in [0.717, 1.165) is 12.8 Å². The largest absolute Gasteiger partial charge is 0.540 e. The van der Waals surface area contributed by atoms with E-state index >= 15 is 26.3 Å². The Morgan fingerprint density at radius 2 is 0.741 bits per heavy atom. The molecule has 6 fully saturated rings. The zero-order valence-corrected chi connectivity index (χ0v) is 82.8. The number of nitrogens with one attached hydrogen (secondary N) is 3. The Morgan fingerprint density at radius 1 is 0.407 bits per heavy atom. The van der Waals surface area contributed by atoms with Crippen LogP contribution in [0.5, 0.6) is 34.9 Å². The van der Waals surface area contributed by atoms with Gasteiger partial charge in [0.1, 0.15) is 71.0 Å². The van der Waals surface area contributed by atoms with Crippen LogP contribution in [-0.2, 0) is 131 Å². The third-order valence-electron chi connectivity index (χ3n) is 26.7. The van der Waals surface area contributed by atoms with Gasteiger partial charge in [0.25, 0.3) is 17.8 Å². The Balaban J connectivity index is 0.000000207. The molecule has 15 rings (SSSR count). The molecule has 6 bridgehead atoms. The van der Waals surface area contributed by atoms with Crippen LogP contribution in [0.15, 0.2) is 54.6 Å². The molecule has 0 unspecified atom stereocenters. The molecule has 33 nitrogen and oxygen atoms in total. The maximum absolute atomic E-state index is 15.9. The van der Waals surface area contributed by atoms with E-state index in [1.54, 1.807) is 133 Å². The van der Waals surface area contributed by atoms with E-state index in [4.69, 9.17) is 56.8 Å². The normalized spacial score (nSPS) is 30.1. The quantitative estimate of drug-likeness (QED) is 0.0792. The van der Waals surface area contributed by atoms with Gasteiger partial charge in [-0.15, -0.1) is 0 Å². The van der Waals surface area contributed by atoms with E-state index in [-0.39, 0.29) is 166 Å². The maximum atomic E-state index is 15.9. The van der Waals surface area contributed by atoms with Crippen LogP contribution in [0.4, 0.5) is 40.7 Å². The Morgan fingerprint density at radius 3 is 1.08 bits per heavy atom. The van der Waals surface area contributed by atoms with Gasteiger partial charge < -0.3 is 102 Å². The molecule has 9 aliphatic rings. The minimum Gasteiger partial charge on any atom is -0.540 e. The molecule has 18 atom stereocenters. The Labute approximate surface area is 815 Å². The first-order valence-electron chi connectivity index (χ1n) is 44.6. The molecule has 3 N–H and O–H groups in total. The summed E-state index contributed by atoms with van der Waals surface area (Å²) in [6.07, 6.45) is 2.69. The molecule has 42 heteroatoms. The molecular formula is C93H117F6N12O21V3-3. The molecule has 3 saturated heterocycles. The minimum absolute atomic E-state index is 0. The van der Waals surface area contributed by atoms with Crippen molar-refractivity contribution in [1.82, 2.24) is 60.6 Å². The standard InChI is InChI=1S/C32H41F2N4O7.C31H39F2N4O7.C30H37F2N4O7.3V/c1-18-23(16-39)38-15-24(18)44-27-25(35-21-10-9-20(42-6)14-22(21)36-27)32(33,34)12-13-43-17-19-8-7-11-31(19,5)45-29(41)37-26(28(38)40)30(2,3)4;1-17-22(15-38)37-14-24(17)43-27-25(34-20-10-9-19(41-5)13-21(20)35-27)31(32,33)11-12-42-16-18-7-6-8-23(18)44-29(40)36-26(28(37)39)30(2,3)4;1-16-21(14-37)36-13-22(16)42-25-23(33-19-8-7-18(40-6)11-20(19)34-25)30(31,32)9-10-41-15-17-12-29(17,5)43-27(39)35-24(26(36)38)28(2,3)4;;;/h9-10,14,18-19,23-24,26H,7-8,11-13,15,17H2,1-6H3,(H,37,41);9-10,13,17-18,22-24,26H,6-8,11-12,14,16H2,1-5H3,(H,36,40);7-8,11,16-17,21-22,24H,9-10,12-13,15H2,1-6H3,(H,35,39);;;/q3*-1;;;/t18-,19-,23+,24-,26+,31+;17-,18-,22+,23+,24-,26+;16-,17-,21+,22-,24+,29+;;;/m000.../s1. The van der Waals surface area contributed by atoms with Crippen molar-refractivity contribution in [2.75, 3.05) is 80.6 Å². The summed E-state index contributed by atoms with van der Waals surface area (Å²) in [5, 5.41) is 8.17. The average Bonchev–Trinajstić information content (AvgIpc) is 1.70. The molecule has 3 aromatic heterocycles. The molecule has 3 aliphatic carbocycles. The van der Waals surface area contributed by atoms with Crippen molar-refractivity contribution < 1.29 is 182 Å². The third kappa shape index (κ3) is 24.1. The van der Waals surface area contributed by atoms with Crippen molar-refractivity contribution in [3.05, 3.63) is 71.7 Å². The molecule has 3 aromatic carbocycles. The van der Waals surface area contributed by atoms with Crippen molar-refractivity contribution in [2.45, 2.75) is 251 Å². The molecule has 6 aromatic rings. The number of amides is 6. The van der Waals surface area contributed by atoms with Gasteiger partial charge in [-0.3, -0.25) is 14.4 Å². The molecule has 6 aliphatic heterocycles. The van der Waals surface area contributed by atoms with Crippen molar-refractivity contribution in [1.29, 1.82) is 0 Å². The number of hydrogen-bond acceptors (Lipinski definition) is 27. The van der Waals surface area contributed by atoms with Crippen molar-refractivity contribution in [2.24, 2.45) is 51.8 Å². The smallest absolute Gasteiger partial charge is 0.408 e. The van der Waals surface area contributed by atoms with Gasteiger partial charge in [-0.25, -0.2) is 63.1 Å². The van der Waals surface area contributed by atoms with Crippen LogP contribution in [0.2, 0.25) is 0 Å². The van der Waals surface area contributed by atoms with Crippen LogP contribution in [0, 0.1) is 51.8 Å². The molecular weight excluding hydrogens is 1890 g/mol. The Hall–Kier alpha value is -9.08. The summed E-state index contributed by atoms with van der Waals surface area (Å²) in [6, 6.07) is 7.72. The van der Waals surface area contributed by atoms with E-state index in [2.05, 4.69) is 45.9 Å². The molecule has 3 saturated carbocycles. The summed E-state index contributed by atoms with van der Waals surface area (Å²) in [7, 11) is 4.42. The number of carbonyl (C=O) groups is 6. The number of rotatable bonds is 6. The summed E-state index contributed by atoms with van der Waals surface area (Å²) < 4.78 is 164. The SMILES string of the molecule is COc1ccc2nc3c(nc2c1)O[C@H]1CN(C(=O)[C@H](C(C)(C)C)NC(=O)O[C@@H]2CCC[C@H]2COCCC3(F)F)[C@H]([C-]=O)[C@@H]1C.COc1ccc2nc3c(nc2c1)O[C@H]1CN(C(=O)[C@H](C(C)(C)C)NC(=O)O[C@]2(C)CCC[C@H]2COCCC3(F)F)[C@H]([C-]=O)[C@@H]1C.COc1ccc2nc3c(nc2c1)O[C@H]1CN(C(=O)[C@H](C(C)(C)C)NC(=O)O[C@]2(C)C[C@H]2COCCC3(F)F)[C@H]([C-]=O)[C@@H]1C.[V].[V].[V]. The molecule has 135 heavy (non-hydrogen) atoms. The van der Waals surface area contributed by atoms with E-state index < -0.39 is 214 Å². The van der Waals surface area contributed by atoms with Gasteiger partial charge in [0.15, 0.2) is 17.1 Å². The van der Waals surface area contributed by atoms with Crippen LogP contribution >= 0.6 is 0 Å². The summed E-state index contributed by atoms with van der Waals surface area (Å²) in [5.41, 5.74) is -4.59. The van der Waals surface area contributed by atoms with Crippen molar-refractivity contribution in [3.8, 4) is 34.9 Å². The van der Waals surface area contributed by atoms with Crippen molar-refractivity contribution >= 4 is 88.0 Å². The number of nitrogens with zero attached hydrogens (tertiary/aromatic N) is 9. The van der Waals surface area contributed by atoms with Crippen molar-refractivity contribution in [3.63, 3.8) is 0 Å². The van der Waals surface area contributed by atoms with Gasteiger partial charge in [-0.2, -0.15) is 26.3 Å². The number of ether oxygens (including phenoxy) is 12. The fraction of sp³-hybridized carbons (Fsp3) is 0.645. The van der Waals surface area contributed by atoms with Crippen LogP contribution in [0.25, 0.3) is 33.1 Å². The van der Waals surface area contributed by atoms with Crippen LogP contribution in [0.3, 0.4) is 0 Å². The second-order valence-corrected chi connectivity index (χ2v) is 39.3. The maximum Gasteiger partial charge on any atom is 0.408 e. The number of alkyl carbamates (subject to hydrolysis) is 3. The second kappa shape index (κ2) is 43.1. The second-order valence-electron chi connectivity index (χ2n) is 39.3.